The molecule has 0 saturated carbocycles. The SMILES string of the molecule is COc1ccc(C(NCc2ccco2)C(=O)O)cc1. The number of hydrogen-bond donors (Lipinski definition) is 2. The lowest BCUT2D eigenvalue weighted by Gasteiger charge is -2.14. The summed E-state index contributed by atoms with van der Waals surface area (Å²) in [6.07, 6.45) is 1.56. The Labute approximate surface area is 110 Å². The van der Waals surface area contributed by atoms with Gasteiger partial charge in [0, 0.05) is 0 Å². The number of ether oxygens (including phenoxy) is 1. The summed E-state index contributed by atoms with van der Waals surface area (Å²) in [4.78, 5) is 11.3. The number of benzene rings is 1. The van der Waals surface area contributed by atoms with Crippen LogP contribution >= 0.6 is 0 Å². The first kappa shape index (κ1) is 13.2. The first-order valence-corrected chi connectivity index (χ1v) is 5.83. The van der Waals surface area contributed by atoms with Crippen LogP contribution in [0.3, 0.4) is 0 Å². The van der Waals surface area contributed by atoms with Crippen LogP contribution in [-0.2, 0) is 11.3 Å². The van der Waals surface area contributed by atoms with Gasteiger partial charge in [-0.05, 0) is 29.8 Å². The Balaban J connectivity index is 2.08. The number of aliphatic carboxylic acids is 1. The van der Waals surface area contributed by atoms with Crippen molar-refractivity contribution in [2.24, 2.45) is 0 Å². The highest BCUT2D eigenvalue weighted by atomic mass is 16.5. The van der Waals surface area contributed by atoms with Gasteiger partial charge >= 0.3 is 5.97 Å². The molecule has 1 aromatic carbocycles. The Hall–Kier alpha value is -2.27. The van der Waals surface area contributed by atoms with Crippen molar-refractivity contribution in [3.63, 3.8) is 0 Å². The molecule has 1 aromatic heterocycles. The molecule has 0 saturated heterocycles. The molecule has 2 N–H and O–H groups in total. The van der Waals surface area contributed by atoms with Gasteiger partial charge in [0.1, 0.15) is 17.6 Å². The molecule has 0 fully saturated rings. The predicted molar refractivity (Wildman–Crippen MR) is 68.9 cm³/mol. The molecule has 1 atom stereocenters. The minimum absolute atomic E-state index is 0.357. The van der Waals surface area contributed by atoms with Crippen molar-refractivity contribution in [1.29, 1.82) is 0 Å². The molecule has 2 rings (SSSR count). The zero-order valence-corrected chi connectivity index (χ0v) is 10.5. The zero-order valence-electron chi connectivity index (χ0n) is 10.5. The standard InChI is InChI=1S/C14H15NO4/c1-18-11-6-4-10(5-7-11)13(14(16)17)15-9-12-3-2-8-19-12/h2-8,13,15H,9H2,1H3,(H,16,17). The molecule has 0 aliphatic carbocycles. The van der Waals surface area contributed by atoms with E-state index >= 15 is 0 Å². The third-order valence-electron chi connectivity index (χ3n) is 2.76. The fourth-order valence-corrected chi connectivity index (χ4v) is 1.76. The summed E-state index contributed by atoms with van der Waals surface area (Å²) >= 11 is 0. The molecule has 19 heavy (non-hydrogen) atoms. The number of carboxylic acids is 1. The number of nitrogens with one attached hydrogen (secondary N) is 1. The first-order valence-electron chi connectivity index (χ1n) is 5.83. The van der Waals surface area contributed by atoms with E-state index in [0.29, 0.717) is 23.6 Å². The topological polar surface area (TPSA) is 71.7 Å². The monoisotopic (exact) mass is 261 g/mol. The van der Waals surface area contributed by atoms with Crippen LogP contribution in [0.15, 0.2) is 47.1 Å². The van der Waals surface area contributed by atoms with Gasteiger partial charge < -0.3 is 14.3 Å². The second kappa shape index (κ2) is 6.06. The average Bonchev–Trinajstić information content (AvgIpc) is 2.92. The molecule has 0 bridgehead atoms. The maximum Gasteiger partial charge on any atom is 0.325 e. The third kappa shape index (κ3) is 3.35. The number of hydrogen-bond acceptors (Lipinski definition) is 4. The lowest BCUT2D eigenvalue weighted by Crippen LogP contribution is -2.27. The molecule has 0 radical (unpaired) electrons. The predicted octanol–water partition coefficient (Wildman–Crippen LogP) is 2.20. The van der Waals surface area contributed by atoms with Gasteiger partial charge in [-0.1, -0.05) is 12.1 Å². The molecule has 0 spiro atoms. The van der Waals surface area contributed by atoms with Gasteiger partial charge in [-0.15, -0.1) is 0 Å². The largest absolute Gasteiger partial charge is 0.497 e. The van der Waals surface area contributed by atoms with Crippen LogP contribution in [-0.4, -0.2) is 18.2 Å². The Morgan fingerprint density at radius 1 is 1.37 bits per heavy atom. The van der Waals surface area contributed by atoms with Gasteiger partial charge in [-0.2, -0.15) is 0 Å². The summed E-state index contributed by atoms with van der Waals surface area (Å²) < 4.78 is 10.2. The quantitative estimate of drug-likeness (QED) is 0.834. The number of rotatable bonds is 6. The number of methoxy groups -OCH3 is 1. The lowest BCUT2D eigenvalue weighted by molar-refractivity contribution is -0.139. The smallest absolute Gasteiger partial charge is 0.325 e. The molecule has 0 amide bonds. The van der Waals surface area contributed by atoms with E-state index in [2.05, 4.69) is 5.32 Å². The van der Waals surface area contributed by atoms with E-state index in [1.807, 2.05) is 0 Å². The van der Waals surface area contributed by atoms with Crippen molar-refractivity contribution in [2.75, 3.05) is 7.11 Å². The van der Waals surface area contributed by atoms with Crippen molar-refractivity contribution in [3.8, 4) is 5.75 Å². The van der Waals surface area contributed by atoms with E-state index < -0.39 is 12.0 Å². The van der Waals surface area contributed by atoms with Crippen LogP contribution in [0.1, 0.15) is 17.4 Å². The van der Waals surface area contributed by atoms with Crippen molar-refractivity contribution >= 4 is 5.97 Å². The summed E-state index contributed by atoms with van der Waals surface area (Å²) in [5.74, 6) is 0.454. The van der Waals surface area contributed by atoms with Crippen molar-refractivity contribution in [3.05, 3.63) is 54.0 Å². The van der Waals surface area contributed by atoms with Crippen LogP contribution in [0.2, 0.25) is 0 Å². The van der Waals surface area contributed by atoms with Crippen LogP contribution in [0.5, 0.6) is 5.75 Å². The molecule has 5 nitrogen and oxygen atoms in total. The molecule has 2 aromatic rings. The summed E-state index contributed by atoms with van der Waals surface area (Å²) in [6.45, 7) is 0.357. The molecular formula is C14H15NO4. The Bertz CT molecular complexity index is 519. The minimum atomic E-state index is -0.934. The van der Waals surface area contributed by atoms with Gasteiger partial charge in [-0.3, -0.25) is 10.1 Å². The zero-order chi connectivity index (χ0) is 13.7. The second-order valence-corrected chi connectivity index (χ2v) is 4.00. The molecular weight excluding hydrogens is 246 g/mol. The minimum Gasteiger partial charge on any atom is -0.497 e. The molecule has 100 valence electrons. The van der Waals surface area contributed by atoms with E-state index in [1.54, 1.807) is 49.8 Å². The van der Waals surface area contributed by atoms with E-state index in [-0.39, 0.29) is 0 Å². The van der Waals surface area contributed by atoms with Crippen LogP contribution in [0.25, 0.3) is 0 Å². The summed E-state index contributed by atoms with van der Waals surface area (Å²) in [7, 11) is 1.57. The highest BCUT2D eigenvalue weighted by Crippen LogP contribution is 2.18. The van der Waals surface area contributed by atoms with Gasteiger partial charge in [0.15, 0.2) is 0 Å². The summed E-state index contributed by atoms with van der Waals surface area (Å²) in [6, 6.07) is 9.70. The fourth-order valence-electron chi connectivity index (χ4n) is 1.76. The van der Waals surface area contributed by atoms with Crippen molar-refractivity contribution in [2.45, 2.75) is 12.6 Å². The fraction of sp³-hybridized carbons (Fsp3) is 0.214. The number of carboxylic acid groups (broad SMARTS) is 1. The average molecular weight is 261 g/mol. The Morgan fingerprint density at radius 2 is 2.11 bits per heavy atom. The van der Waals surface area contributed by atoms with E-state index in [4.69, 9.17) is 9.15 Å². The van der Waals surface area contributed by atoms with E-state index in [1.165, 1.54) is 0 Å². The van der Waals surface area contributed by atoms with Crippen LogP contribution in [0, 0.1) is 0 Å². The number of furan rings is 1. The Kier molecular flexibility index (Phi) is 4.20. The summed E-state index contributed by atoms with van der Waals surface area (Å²) in [5, 5.41) is 12.2. The maximum absolute atomic E-state index is 11.3. The third-order valence-corrected chi connectivity index (χ3v) is 2.76. The van der Waals surface area contributed by atoms with Gasteiger partial charge in [0.25, 0.3) is 0 Å². The van der Waals surface area contributed by atoms with Gasteiger partial charge in [0.2, 0.25) is 0 Å². The molecule has 5 heteroatoms. The van der Waals surface area contributed by atoms with Crippen LogP contribution < -0.4 is 10.1 Å². The lowest BCUT2D eigenvalue weighted by atomic mass is 10.1. The molecule has 1 unspecified atom stereocenters. The van der Waals surface area contributed by atoms with Crippen molar-refractivity contribution < 1.29 is 19.1 Å². The van der Waals surface area contributed by atoms with Gasteiger partial charge in [0.05, 0.1) is 19.9 Å². The highest BCUT2D eigenvalue weighted by molar-refractivity contribution is 5.75. The normalized spacial score (nSPS) is 12.1. The van der Waals surface area contributed by atoms with Crippen LogP contribution in [0.4, 0.5) is 0 Å². The Morgan fingerprint density at radius 3 is 2.63 bits per heavy atom. The second-order valence-electron chi connectivity index (χ2n) is 4.00. The van der Waals surface area contributed by atoms with E-state index in [0.717, 1.165) is 0 Å². The molecule has 0 aliphatic rings. The van der Waals surface area contributed by atoms with Gasteiger partial charge in [-0.25, -0.2) is 0 Å². The first-order chi connectivity index (χ1) is 9.20. The molecule has 1 heterocycles. The van der Waals surface area contributed by atoms with Crippen molar-refractivity contribution in [1.82, 2.24) is 5.32 Å². The van der Waals surface area contributed by atoms with E-state index in [9.17, 15) is 9.90 Å². The number of carbonyl (C=O) groups is 1. The highest BCUT2D eigenvalue weighted by Gasteiger charge is 2.19. The molecule has 0 aliphatic heterocycles. The summed E-state index contributed by atoms with van der Waals surface area (Å²) in [5.41, 5.74) is 0.667. The maximum atomic E-state index is 11.3.